The van der Waals surface area contributed by atoms with Gasteiger partial charge in [-0.05, 0) is 38.1 Å². The molecule has 1 aliphatic carbocycles. The highest BCUT2D eigenvalue weighted by Crippen LogP contribution is 2.36. The fraction of sp³-hybridized carbons (Fsp3) is 0.769. The first kappa shape index (κ1) is 11.6. The quantitative estimate of drug-likeness (QED) is 0.849. The van der Waals surface area contributed by atoms with E-state index in [1.165, 1.54) is 19.3 Å². The molecule has 0 aromatic carbocycles. The van der Waals surface area contributed by atoms with Gasteiger partial charge in [0.1, 0.15) is 0 Å². The van der Waals surface area contributed by atoms with E-state index in [2.05, 4.69) is 42.0 Å². The van der Waals surface area contributed by atoms with E-state index in [1.54, 1.807) is 0 Å². The summed E-state index contributed by atoms with van der Waals surface area (Å²) in [5, 5.41) is 3.45. The molecule has 3 heteroatoms. The lowest BCUT2D eigenvalue weighted by molar-refractivity contribution is 0.176. The number of likely N-dealkylation sites (N-methyl/N-ethyl adjacent to an activating group) is 1. The van der Waals surface area contributed by atoms with Crippen molar-refractivity contribution < 1.29 is 0 Å². The van der Waals surface area contributed by atoms with Crippen molar-refractivity contribution in [2.24, 2.45) is 11.8 Å². The molecule has 1 saturated carbocycles. The molecule has 1 fully saturated rings. The van der Waals surface area contributed by atoms with Gasteiger partial charge in [-0.3, -0.25) is 0 Å². The summed E-state index contributed by atoms with van der Waals surface area (Å²) < 4.78 is 2.27. The van der Waals surface area contributed by atoms with E-state index in [-0.39, 0.29) is 0 Å². The molecule has 16 heavy (non-hydrogen) atoms. The van der Waals surface area contributed by atoms with Crippen molar-refractivity contribution in [3.05, 3.63) is 18.7 Å². The summed E-state index contributed by atoms with van der Waals surface area (Å²) in [5.41, 5.74) is 0. The molecule has 1 aliphatic rings. The Hall–Kier alpha value is -0.830. The predicted octanol–water partition coefficient (Wildman–Crippen LogP) is 2.47. The third-order valence-electron chi connectivity index (χ3n) is 4.08. The Bertz CT molecular complexity index is 305. The summed E-state index contributed by atoms with van der Waals surface area (Å²) in [6.07, 6.45) is 9.84. The van der Waals surface area contributed by atoms with Gasteiger partial charge < -0.3 is 9.88 Å². The summed E-state index contributed by atoms with van der Waals surface area (Å²) in [6.45, 7) is 4.69. The van der Waals surface area contributed by atoms with E-state index in [1.807, 2.05) is 12.5 Å². The van der Waals surface area contributed by atoms with Gasteiger partial charge >= 0.3 is 0 Å². The van der Waals surface area contributed by atoms with Gasteiger partial charge in [0.05, 0.1) is 12.4 Å². The van der Waals surface area contributed by atoms with Gasteiger partial charge in [0.25, 0.3) is 0 Å². The summed E-state index contributed by atoms with van der Waals surface area (Å²) >= 11 is 0. The molecule has 0 saturated heterocycles. The molecule has 0 aliphatic heterocycles. The first-order chi connectivity index (χ1) is 7.72. The van der Waals surface area contributed by atoms with Crippen molar-refractivity contribution in [3.63, 3.8) is 0 Å². The minimum atomic E-state index is 0.577. The Labute approximate surface area is 98.3 Å². The molecule has 0 spiro atoms. The Balaban J connectivity index is 2.11. The lowest BCUT2D eigenvalue weighted by Gasteiger charge is -2.38. The molecular formula is C13H23N3. The van der Waals surface area contributed by atoms with Crippen molar-refractivity contribution in [2.75, 3.05) is 7.05 Å². The molecule has 3 atom stereocenters. The average Bonchev–Trinajstić information content (AvgIpc) is 2.81. The minimum absolute atomic E-state index is 0.577. The number of hydrogen-bond donors (Lipinski definition) is 1. The zero-order chi connectivity index (χ0) is 11.5. The Morgan fingerprint density at radius 3 is 2.75 bits per heavy atom. The maximum Gasteiger partial charge on any atom is 0.0949 e. The maximum atomic E-state index is 4.17. The highest BCUT2D eigenvalue weighted by molar-refractivity contribution is 4.92. The zero-order valence-electron chi connectivity index (χ0n) is 10.6. The third-order valence-corrected chi connectivity index (χ3v) is 4.08. The molecule has 1 heterocycles. The van der Waals surface area contributed by atoms with E-state index in [4.69, 9.17) is 0 Å². The van der Waals surface area contributed by atoms with Crippen molar-refractivity contribution >= 4 is 0 Å². The number of nitrogens with one attached hydrogen (secondary N) is 1. The lowest BCUT2D eigenvalue weighted by atomic mass is 9.77. The van der Waals surface area contributed by atoms with Gasteiger partial charge in [0.2, 0.25) is 0 Å². The average molecular weight is 221 g/mol. The molecule has 0 amide bonds. The lowest BCUT2D eigenvalue weighted by Crippen LogP contribution is -2.40. The number of rotatable bonds is 3. The second-order valence-electron chi connectivity index (χ2n) is 5.29. The molecule has 1 N–H and O–H groups in total. The zero-order valence-corrected chi connectivity index (χ0v) is 10.6. The second-order valence-corrected chi connectivity index (χ2v) is 5.29. The Morgan fingerprint density at radius 2 is 2.19 bits per heavy atom. The van der Waals surface area contributed by atoms with Crippen LogP contribution in [0.5, 0.6) is 0 Å². The number of imidazole rings is 1. The molecule has 0 bridgehead atoms. The Morgan fingerprint density at radius 1 is 1.38 bits per heavy atom. The van der Waals surface area contributed by atoms with Crippen LogP contribution in [0.15, 0.2) is 18.7 Å². The van der Waals surface area contributed by atoms with Crippen molar-refractivity contribution in [1.29, 1.82) is 0 Å². The molecule has 0 radical (unpaired) electrons. The van der Waals surface area contributed by atoms with Crippen LogP contribution in [-0.4, -0.2) is 22.6 Å². The van der Waals surface area contributed by atoms with Gasteiger partial charge in [-0.2, -0.15) is 0 Å². The van der Waals surface area contributed by atoms with Crippen LogP contribution in [0.3, 0.4) is 0 Å². The van der Waals surface area contributed by atoms with E-state index in [0.29, 0.717) is 12.1 Å². The fourth-order valence-corrected chi connectivity index (χ4v) is 2.92. The van der Waals surface area contributed by atoms with Crippen molar-refractivity contribution in [1.82, 2.24) is 14.9 Å². The van der Waals surface area contributed by atoms with Gasteiger partial charge in [-0.25, -0.2) is 4.98 Å². The first-order valence-corrected chi connectivity index (χ1v) is 6.37. The summed E-state index contributed by atoms with van der Waals surface area (Å²) in [5.74, 6) is 1.65. The predicted molar refractivity (Wildman–Crippen MR) is 66.3 cm³/mol. The largest absolute Gasteiger partial charge is 0.333 e. The molecular weight excluding hydrogens is 198 g/mol. The third kappa shape index (κ3) is 2.29. The van der Waals surface area contributed by atoms with Gasteiger partial charge in [0, 0.05) is 18.4 Å². The highest BCUT2D eigenvalue weighted by atomic mass is 15.1. The van der Waals surface area contributed by atoms with Crippen LogP contribution in [0.2, 0.25) is 0 Å². The maximum absolute atomic E-state index is 4.17. The monoisotopic (exact) mass is 221 g/mol. The number of hydrogen-bond acceptors (Lipinski definition) is 2. The summed E-state index contributed by atoms with van der Waals surface area (Å²) in [4.78, 5) is 4.17. The van der Waals surface area contributed by atoms with Crippen molar-refractivity contribution in [3.8, 4) is 0 Å². The van der Waals surface area contributed by atoms with Crippen LogP contribution >= 0.6 is 0 Å². The standard InChI is InChI=1S/C13H23N3/c1-10(2)11-4-5-12(14-3)13(8-11)16-7-6-15-9-16/h6-7,9-14H,4-5,8H2,1-3H3. The normalized spacial score (nSPS) is 30.9. The second kappa shape index (κ2) is 5.00. The van der Waals surface area contributed by atoms with E-state index < -0.39 is 0 Å². The van der Waals surface area contributed by atoms with Crippen LogP contribution in [0.25, 0.3) is 0 Å². The summed E-state index contributed by atoms with van der Waals surface area (Å²) in [7, 11) is 2.07. The van der Waals surface area contributed by atoms with Crippen LogP contribution in [-0.2, 0) is 0 Å². The molecule has 90 valence electrons. The van der Waals surface area contributed by atoms with Crippen LogP contribution in [0.1, 0.15) is 39.2 Å². The van der Waals surface area contributed by atoms with E-state index in [9.17, 15) is 0 Å². The first-order valence-electron chi connectivity index (χ1n) is 6.37. The highest BCUT2D eigenvalue weighted by Gasteiger charge is 2.31. The smallest absolute Gasteiger partial charge is 0.0949 e. The van der Waals surface area contributed by atoms with Crippen LogP contribution in [0, 0.1) is 11.8 Å². The fourth-order valence-electron chi connectivity index (χ4n) is 2.92. The summed E-state index contributed by atoms with van der Waals surface area (Å²) in [6, 6.07) is 1.18. The van der Waals surface area contributed by atoms with Crippen LogP contribution in [0.4, 0.5) is 0 Å². The van der Waals surface area contributed by atoms with E-state index in [0.717, 1.165) is 11.8 Å². The van der Waals surface area contributed by atoms with Gasteiger partial charge in [-0.1, -0.05) is 13.8 Å². The van der Waals surface area contributed by atoms with Gasteiger partial charge in [-0.15, -0.1) is 0 Å². The molecule has 2 rings (SSSR count). The molecule has 3 nitrogen and oxygen atoms in total. The topological polar surface area (TPSA) is 29.9 Å². The van der Waals surface area contributed by atoms with Gasteiger partial charge in [0.15, 0.2) is 0 Å². The Kier molecular flexibility index (Phi) is 3.64. The molecule has 3 unspecified atom stereocenters. The molecule has 1 aromatic heterocycles. The van der Waals surface area contributed by atoms with Crippen LogP contribution < -0.4 is 5.32 Å². The minimum Gasteiger partial charge on any atom is -0.333 e. The number of aromatic nitrogens is 2. The number of nitrogens with zero attached hydrogens (tertiary/aromatic N) is 2. The van der Waals surface area contributed by atoms with E-state index >= 15 is 0 Å². The SMILES string of the molecule is CNC1CCC(C(C)C)CC1n1ccnc1. The molecule has 1 aromatic rings. The van der Waals surface area contributed by atoms with Crippen molar-refractivity contribution in [2.45, 2.75) is 45.2 Å².